The van der Waals surface area contributed by atoms with Crippen molar-refractivity contribution in [3.05, 3.63) is 77.7 Å². The minimum atomic E-state index is -0.977. The summed E-state index contributed by atoms with van der Waals surface area (Å²) in [6.45, 7) is 3.42. The molecule has 0 aliphatic heterocycles. The number of hydrogen-bond acceptors (Lipinski definition) is 7. The van der Waals surface area contributed by atoms with Crippen LogP contribution in [-0.4, -0.2) is 20.1 Å². The maximum absolute atomic E-state index is 10.1. The first-order chi connectivity index (χ1) is 15.5. The van der Waals surface area contributed by atoms with Gasteiger partial charge in [-0.15, -0.1) is 0 Å². The van der Waals surface area contributed by atoms with E-state index in [2.05, 4.69) is 27.4 Å². The maximum atomic E-state index is 10.1. The van der Waals surface area contributed by atoms with Gasteiger partial charge in [-0.1, -0.05) is 41.7 Å². The first-order valence-electron chi connectivity index (χ1n) is 10.6. The SMILES string of the molecule is CC(C)(O)c1ccc(Nc2cc(Oc3sc(C4CC4)nc3-c3ccccc3)ccn2)cn1. The molecular formula is C25H24N4O2S. The lowest BCUT2D eigenvalue weighted by molar-refractivity contribution is 0.0739. The zero-order chi connectivity index (χ0) is 22.1. The monoisotopic (exact) mass is 444 g/mol. The molecule has 2 N–H and O–H groups in total. The Morgan fingerprint density at radius 3 is 2.56 bits per heavy atom. The molecular weight excluding hydrogens is 420 g/mol. The zero-order valence-corrected chi connectivity index (χ0v) is 18.8. The highest BCUT2D eigenvalue weighted by Crippen LogP contribution is 2.48. The third-order valence-electron chi connectivity index (χ3n) is 5.19. The molecule has 6 nitrogen and oxygen atoms in total. The molecule has 5 rings (SSSR count). The molecule has 4 aromatic rings. The molecule has 1 aliphatic rings. The van der Waals surface area contributed by atoms with Gasteiger partial charge < -0.3 is 15.2 Å². The number of rotatable bonds is 7. The molecule has 1 aliphatic carbocycles. The highest BCUT2D eigenvalue weighted by atomic mass is 32.1. The third kappa shape index (κ3) is 4.64. The van der Waals surface area contributed by atoms with Crippen LogP contribution in [0.4, 0.5) is 11.5 Å². The molecule has 162 valence electrons. The number of aromatic nitrogens is 3. The summed E-state index contributed by atoms with van der Waals surface area (Å²) in [6, 6.07) is 17.5. The molecule has 0 saturated heterocycles. The molecule has 3 aromatic heterocycles. The van der Waals surface area contributed by atoms with Gasteiger partial charge in [0.2, 0.25) is 5.06 Å². The number of anilines is 2. The van der Waals surface area contributed by atoms with E-state index in [1.165, 1.54) is 12.8 Å². The fourth-order valence-electron chi connectivity index (χ4n) is 3.30. The van der Waals surface area contributed by atoms with Crippen molar-refractivity contribution in [2.45, 2.75) is 38.2 Å². The van der Waals surface area contributed by atoms with Crippen LogP contribution in [0.5, 0.6) is 10.8 Å². The maximum Gasteiger partial charge on any atom is 0.208 e. The van der Waals surface area contributed by atoms with Crippen molar-refractivity contribution in [3.8, 4) is 22.1 Å². The van der Waals surface area contributed by atoms with Crippen LogP contribution in [0.15, 0.2) is 67.0 Å². The highest BCUT2D eigenvalue weighted by Gasteiger charge is 2.29. The van der Waals surface area contributed by atoms with Gasteiger partial charge in [-0.05, 0) is 44.9 Å². The predicted molar refractivity (Wildman–Crippen MR) is 127 cm³/mol. The lowest BCUT2D eigenvalue weighted by atomic mass is 10.1. The number of hydrogen-bond donors (Lipinski definition) is 2. The second-order valence-corrected chi connectivity index (χ2v) is 9.42. The molecule has 1 saturated carbocycles. The predicted octanol–water partition coefficient (Wildman–Crippen LogP) is 6.24. The number of nitrogens with zero attached hydrogens (tertiary/aromatic N) is 3. The lowest BCUT2D eigenvalue weighted by Crippen LogP contribution is -2.17. The Hall–Kier alpha value is -3.29. The first kappa shape index (κ1) is 20.6. The van der Waals surface area contributed by atoms with Crippen LogP contribution in [0.1, 0.15) is 43.3 Å². The van der Waals surface area contributed by atoms with E-state index >= 15 is 0 Å². The van der Waals surface area contributed by atoms with Crippen LogP contribution < -0.4 is 10.1 Å². The van der Waals surface area contributed by atoms with Crippen molar-refractivity contribution in [2.75, 3.05) is 5.32 Å². The van der Waals surface area contributed by atoms with Crippen LogP contribution >= 0.6 is 11.3 Å². The average molecular weight is 445 g/mol. The summed E-state index contributed by atoms with van der Waals surface area (Å²) in [5.74, 6) is 1.90. The Morgan fingerprint density at radius 1 is 1.06 bits per heavy atom. The van der Waals surface area contributed by atoms with E-state index < -0.39 is 5.60 Å². The number of ether oxygens (including phenoxy) is 1. The van der Waals surface area contributed by atoms with Crippen molar-refractivity contribution in [1.82, 2.24) is 15.0 Å². The first-order valence-corrected chi connectivity index (χ1v) is 11.4. The normalized spacial score (nSPS) is 13.7. The molecule has 7 heteroatoms. The van der Waals surface area contributed by atoms with Crippen LogP contribution in [-0.2, 0) is 5.60 Å². The second-order valence-electron chi connectivity index (χ2n) is 8.42. The van der Waals surface area contributed by atoms with Gasteiger partial charge in [0.15, 0.2) is 0 Å². The van der Waals surface area contributed by atoms with Crippen LogP contribution in [0.3, 0.4) is 0 Å². The molecule has 32 heavy (non-hydrogen) atoms. The average Bonchev–Trinajstić information content (AvgIpc) is 3.55. The Bertz CT molecular complexity index is 1210. The van der Waals surface area contributed by atoms with Gasteiger partial charge in [-0.25, -0.2) is 9.97 Å². The Kier molecular flexibility index (Phi) is 5.36. The molecule has 1 aromatic carbocycles. The van der Waals surface area contributed by atoms with Gasteiger partial charge >= 0.3 is 0 Å². The van der Waals surface area contributed by atoms with Gasteiger partial charge in [0, 0.05) is 23.7 Å². The quantitative estimate of drug-likeness (QED) is 0.351. The summed E-state index contributed by atoms with van der Waals surface area (Å²) < 4.78 is 6.29. The standard InChI is InChI=1S/C25H24N4O2S/c1-25(2,30)20-11-10-18(15-27-20)28-21-14-19(12-13-26-21)31-24-22(16-6-4-3-5-7-16)29-23(32-24)17-8-9-17/h3-7,10-15,17,30H,8-9H2,1-2H3,(H,26,28). The number of aliphatic hydroxyl groups is 1. The van der Waals surface area contributed by atoms with E-state index in [1.807, 2.05) is 36.4 Å². The summed E-state index contributed by atoms with van der Waals surface area (Å²) in [5.41, 5.74) is 2.35. The smallest absolute Gasteiger partial charge is 0.208 e. The molecule has 3 heterocycles. The largest absolute Gasteiger partial charge is 0.444 e. The van der Waals surface area contributed by atoms with E-state index in [-0.39, 0.29) is 0 Å². The van der Waals surface area contributed by atoms with Gasteiger partial charge in [0.1, 0.15) is 27.9 Å². The highest BCUT2D eigenvalue weighted by molar-refractivity contribution is 7.14. The van der Waals surface area contributed by atoms with Crippen LogP contribution in [0, 0.1) is 0 Å². The molecule has 0 unspecified atom stereocenters. The van der Waals surface area contributed by atoms with Crippen molar-refractivity contribution in [2.24, 2.45) is 0 Å². The Labute approximate surface area is 191 Å². The summed E-state index contributed by atoms with van der Waals surface area (Å²) in [5, 5.41) is 15.3. The number of benzene rings is 1. The molecule has 0 atom stereocenters. The summed E-state index contributed by atoms with van der Waals surface area (Å²) in [4.78, 5) is 13.6. The number of thiazole rings is 1. The minimum Gasteiger partial charge on any atom is -0.444 e. The van der Waals surface area contributed by atoms with Crippen molar-refractivity contribution < 1.29 is 9.84 Å². The second kappa shape index (κ2) is 8.33. The molecule has 0 amide bonds. The van der Waals surface area contributed by atoms with E-state index in [9.17, 15) is 5.11 Å². The fraction of sp³-hybridized carbons (Fsp3) is 0.240. The van der Waals surface area contributed by atoms with Gasteiger partial charge in [-0.2, -0.15) is 0 Å². The van der Waals surface area contributed by atoms with E-state index in [1.54, 1.807) is 43.6 Å². The molecule has 0 spiro atoms. The zero-order valence-electron chi connectivity index (χ0n) is 17.9. The summed E-state index contributed by atoms with van der Waals surface area (Å²) in [6.07, 6.45) is 5.79. The van der Waals surface area contributed by atoms with Gasteiger partial charge in [0.25, 0.3) is 0 Å². The minimum absolute atomic E-state index is 0.564. The lowest BCUT2D eigenvalue weighted by Gasteiger charge is -2.16. The Morgan fingerprint density at radius 2 is 1.88 bits per heavy atom. The van der Waals surface area contributed by atoms with Gasteiger partial charge in [-0.3, -0.25) is 4.98 Å². The third-order valence-corrected chi connectivity index (χ3v) is 6.29. The number of nitrogens with one attached hydrogen (secondary N) is 1. The van der Waals surface area contributed by atoms with Crippen molar-refractivity contribution in [1.29, 1.82) is 0 Å². The topological polar surface area (TPSA) is 80.2 Å². The summed E-state index contributed by atoms with van der Waals surface area (Å²) >= 11 is 1.63. The molecule has 0 bridgehead atoms. The van der Waals surface area contributed by atoms with Crippen molar-refractivity contribution >= 4 is 22.8 Å². The van der Waals surface area contributed by atoms with Gasteiger partial charge in [0.05, 0.1) is 17.6 Å². The van der Waals surface area contributed by atoms with Crippen LogP contribution in [0.2, 0.25) is 0 Å². The van der Waals surface area contributed by atoms with Crippen LogP contribution in [0.25, 0.3) is 11.3 Å². The molecule has 0 radical (unpaired) electrons. The van der Waals surface area contributed by atoms with E-state index in [4.69, 9.17) is 9.72 Å². The van der Waals surface area contributed by atoms with E-state index in [0.717, 1.165) is 27.0 Å². The summed E-state index contributed by atoms with van der Waals surface area (Å²) in [7, 11) is 0. The molecule has 1 fully saturated rings. The van der Waals surface area contributed by atoms with E-state index in [0.29, 0.717) is 23.2 Å². The van der Waals surface area contributed by atoms with Crippen molar-refractivity contribution in [3.63, 3.8) is 0 Å². The number of pyridine rings is 2. The Balaban J connectivity index is 1.37. The fourth-order valence-corrected chi connectivity index (χ4v) is 4.43.